The van der Waals surface area contributed by atoms with Gasteiger partial charge in [0.15, 0.2) is 0 Å². The van der Waals surface area contributed by atoms with E-state index in [4.69, 9.17) is 16.7 Å². The number of benzene rings is 1. The summed E-state index contributed by atoms with van der Waals surface area (Å²) < 4.78 is 0. The van der Waals surface area contributed by atoms with Crippen LogP contribution in [-0.4, -0.2) is 21.0 Å². The van der Waals surface area contributed by atoms with E-state index in [1.807, 2.05) is 0 Å². The number of pyridine rings is 1. The largest absolute Gasteiger partial charge is 0.478 e. The first-order chi connectivity index (χ1) is 9.49. The molecule has 8 heteroatoms. The summed E-state index contributed by atoms with van der Waals surface area (Å²) in [6.45, 7) is 0. The molecule has 0 radical (unpaired) electrons. The number of carboxylic acids is 1. The molecule has 2 rings (SSSR count). The fraction of sp³-hybridized carbons (Fsp3) is 0. The van der Waals surface area contributed by atoms with Crippen molar-refractivity contribution >= 4 is 34.6 Å². The van der Waals surface area contributed by atoms with Crippen LogP contribution in [-0.2, 0) is 0 Å². The molecule has 0 aliphatic carbocycles. The smallest absolute Gasteiger partial charge is 0.337 e. The van der Waals surface area contributed by atoms with E-state index in [2.05, 4.69) is 10.3 Å². The summed E-state index contributed by atoms with van der Waals surface area (Å²) >= 11 is 5.75. The first-order valence-corrected chi connectivity index (χ1v) is 5.75. The van der Waals surface area contributed by atoms with Gasteiger partial charge in [-0.2, -0.15) is 0 Å². The van der Waals surface area contributed by atoms with E-state index in [1.165, 1.54) is 30.5 Å². The normalized spacial score (nSPS) is 10.1. The highest BCUT2D eigenvalue weighted by atomic mass is 35.5. The Morgan fingerprint density at radius 3 is 2.80 bits per heavy atom. The number of aromatic carboxylic acids is 1. The molecule has 0 unspecified atom stereocenters. The monoisotopic (exact) mass is 293 g/mol. The lowest BCUT2D eigenvalue weighted by Crippen LogP contribution is -2.01. The lowest BCUT2D eigenvalue weighted by Gasteiger charge is -2.08. The Balaban J connectivity index is 2.38. The lowest BCUT2D eigenvalue weighted by atomic mass is 10.2. The van der Waals surface area contributed by atoms with Gasteiger partial charge < -0.3 is 10.4 Å². The summed E-state index contributed by atoms with van der Waals surface area (Å²) in [5, 5.41) is 22.7. The number of hydrogen-bond acceptors (Lipinski definition) is 5. The molecule has 102 valence electrons. The Hall–Kier alpha value is -2.67. The van der Waals surface area contributed by atoms with Crippen LogP contribution in [0.15, 0.2) is 36.7 Å². The maximum atomic E-state index is 11.0. The predicted octanol–water partition coefficient (Wildman–Crippen LogP) is 3.09. The molecular weight excluding hydrogens is 286 g/mol. The molecule has 0 atom stereocenters. The maximum absolute atomic E-state index is 11.0. The minimum Gasteiger partial charge on any atom is -0.478 e. The topological polar surface area (TPSA) is 105 Å². The van der Waals surface area contributed by atoms with E-state index in [-0.39, 0.29) is 22.0 Å². The third-order valence-corrected chi connectivity index (χ3v) is 2.80. The van der Waals surface area contributed by atoms with Crippen molar-refractivity contribution in [2.45, 2.75) is 0 Å². The van der Waals surface area contributed by atoms with Gasteiger partial charge in [0.05, 0.1) is 15.5 Å². The highest BCUT2D eigenvalue weighted by Gasteiger charge is 2.15. The molecular formula is C12H8ClN3O4. The van der Waals surface area contributed by atoms with E-state index >= 15 is 0 Å². The Labute approximate surface area is 118 Å². The number of carbonyl (C=O) groups is 1. The molecule has 0 saturated carbocycles. The van der Waals surface area contributed by atoms with Gasteiger partial charge >= 0.3 is 11.7 Å². The molecule has 0 fully saturated rings. The zero-order chi connectivity index (χ0) is 14.7. The minimum atomic E-state index is -1.18. The number of anilines is 2. The number of rotatable bonds is 4. The molecule has 7 nitrogen and oxygen atoms in total. The van der Waals surface area contributed by atoms with Crippen molar-refractivity contribution in [3.05, 3.63) is 57.4 Å². The quantitative estimate of drug-likeness (QED) is 0.663. The first kappa shape index (κ1) is 13.8. The molecule has 1 heterocycles. The van der Waals surface area contributed by atoms with Gasteiger partial charge in [-0.3, -0.25) is 15.1 Å². The van der Waals surface area contributed by atoms with E-state index in [0.717, 1.165) is 6.20 Å². The average molecular weight is 294 g/mol. The van der Waals surface area contributed by atoms with E-state index in [0.29, 0.717) is 5.69 Å². The number of aromatic nitrogens is 1. The number of nitrogens with one attached hydrogen (secondary N) is 1. The SMILES string of the molecule is O=C(O)c1cc(Nc2ccncc2[N+](=O)[O-])ccc1Cl. The standard InChI is InChI=1S/C12H8ClN3O4/c13-9-2-1-7(5-8(9)12(17)18)15-10-3-4-14-6-11(10)16(19)20/h1-6H,(H,14,15)(H,17,18). The zero-order valence-electron chi connectivity index (χ0n) is 9.91. The molecule has 0 spiro atoms. The molecule has 2 N–H and O–H groups in total. The second-order valence-corrected chi connectivity index (χ2v) is 4.18. The van der Waals surface area contributed by atoms with Crippen molar-refractivity contribution < 1.29 is 14.8 Å². The minimum absolute atomic E-state index is 0.0895. The van der Waals surface area contributed by atoms with Crippen LogP contribution in [0.3, 0.4) is 0 Å². The third-order valence-electron chi connectivity index (χ3n) is 2.47. The van der Waals surface area contributed by atoms with Gasteiger partial charge in [-0.25, -0.2) is 4.79 Å². The van der Waals surface area contributed by atoms with Crippen molar-refractivity contribution in [3.63, 3.8) is 0 Å². The summed E-state index contributed by atoms with van der Waals surface area (Å²) in [4.78, 5) is 24.9. The summed E-state index contributed by atoms with van der Waals surface area (Å²) in [5.74, 6) is -1.18. The fourth-order valence-corrected chi connectivity index (χ4v) is 1.76. The summed E-state index contributed by atoms with van der Waals surface area (Å²) in [6, 6.07) is 5.65. The van der Waals surface area contributed by atoms with Gasteiger partial charge in [0.25, 0.3) is 0 Å². The summed E-state index contributed by atoms with van der Waals surface area (Å²) in [7, 11) is 0. The Morgan fingerprint density at radius 1 is 1.40 bits per heavy atom. The first-order valence-electron chi connectivity index (χ1n) is 5.37. The molecule has 0 amide bonds. The van der Waals surface area contributed by atoms with Crippen LogP contribution in [0.1, 0.15) is 10.4 Å². The van der Waals surface area contributed by atoms with Crippen molar-refractivity contribution in [1.82, 2.24) is 4.98 Å². The highest BCUT2D eigenvalue weighted by Crippen LogP contribution is 2.28. The van der Waals surface area contributed by atoms with Gasteiger partial charge in [-0.15, -0.1) is 0 Å². The fourth-order valence-electron chi connectivity index (χ4n) is 1.56. The molecule has 2 aromatic rings. The third kappa shape index (κ3) is 2.83. The summed E-state index contributed by atoms with van der Waals surface area (Å²) in [5.41, 5.74) is 0.289. The van der Waals surface area contributed by atoms with Gasteiger partial charge in [-0.05, 0) is 24.3 Å². The van der Waals surface area contributed by atoms with E-state index in [1.54, 1.807) is 0 Å². The summed E-state index contributed by atoms with van der Waals surface area (Å²) in [6.07, 6.45) is 2.50. The van der Waals surface area contributed by atoms with Gasteiger partial charge in [0, 0.05) is 11.9 Å². The van der Waals surface area contributed by atoms with Crippen LogP contribution in [0.2, 0.25) is 5.02 Å². The highest BCUT2D eigenvalue weighted by molar-refractivity contribution is 6.33. The average Bonchev–Trinajstić information content (AvgIpc) is 2.41. The molecule has 0 saturated heterocycles. The Kier molecular flexibility index (Phi) is 3.81. The van der Waals surface area contributed by atoms with Crippen molar-refractivity contribution in [2.24, 2.45) is 0 Å². The van der Waals surface area contributed by atoms with Crippen molar-refractivity contribution in [2.75, 3.05) is 5.32 Å². The number of nitro groups is 1. The van der Waals surface area contributed by atoms with Crippen LogP contribution in [0.4, 0.5) is 17.1 Å². The number of nitrogens with zero attached hydrogens (tertiary/aromatic N) is 2. The zero-order valence-corrected chi connectivity index (χ0v) is 10.7. The van der Waals surface area contributed by atoms with Crippen LogP contribution in [0.25, 0.3) is 0 Å². The van der Waals surface area contributed by atoms with Crippen molar-refractivity contribution in [3.8, 4) is 0 Å². The maximum Gasteiger partial charge on any atom is 0.337 e. The second kappa shape index (κ2) is 5.54. The molecule has 0 aliphatic heterocycles. The van der Waals surface area contributed by atoms with Crippen LogP contribution in [0, 0.1) is 10.1 Å². The predicted molar refractivity (Wildman–Crippen MR) is 72.6 cm³/mol. The van der Waals surface area contributed by atoms with Crippen LogP contribution < -0.4 is 5.32 Å². The Bertz CT molecular complexity index is 690. The van der Waals surface area contributed by atoms with Gasteiger partial charge in [-0.1, -0.05) is 11.6 Å². The molecule has 1 aromatic heterocycles. The number of halogens is 1. The number of carboxylic acid groups (broad SMARTS) is 1. The van der Waals surface area contributed by atoms with Crippen molar-refractivity contribution in [1.29, 1.82) is 0 Å². The van der Waals surface area contributed by atoms with E-state index in [9.17, 15) is 14.9 Å². The lowest BCUT2D eigenvalue weighted by molar-refractivity contribution is -0.384. The van der Waals surface area contributed by atoms with Crippen LogP contribution in [0.5, 0.6) is 0 Å². The van der Waals surface area contributed by atoms with Gasteiger partial charge in [0.1, 0.15) is 11.9 Å². The van der Waals surface area contributed by atoms with Crippen LogP contribution >= 0.6 is 11.6 Å². The van der Waals surface area contributed by atoms with E-state index < -0.39 is 10.9 Å². The Morgan fingerprint density at radius 2 is 2.15 bits per heavy atom. The molecule has 0 aliphatic rings. The molecule has 20 heavy (non-hydrogen) atoms. The molecule has 1 aromatic carbocycles. The number of hydrogen-bond donors (Lipinski definition) is 2. The second-order valence-electron chi connectivity index (χ2n) is 3.77. The molecule has 0 bridgehead atoms. The van der Waals surface area contributed by atoms with Gasteiger partial charge in [0.2, 0.25) is 0 Å².